The Kier molecular flexibility index (Phi) is 2.53. The van der Waals surface area contributed by atoms with Gasteiger partial charge in [-0.1, -0.05) is 4.57 Å². The summed E-state index contributed by atoms with van der Waals surface area (Å²) in [7, 11) is -0.738. The fourth-order valence-electron chi connectivity index (χ4n) is 0.0504. The lowest BCUT2D eigenvalue weighted by atomic mass is 10.5. The zero-order valence-electron chi connectivity index (χ0n) is 3.84. The van der Waals surface area contributed by atoms with Gasteiger partial charge in [-0.25, -0.2) is 4.79 Å². The molecule has 0 rings (SSSR count). The first-order valence-corrected chi connectivity index (χ1v) is 2.77. The van der Waals surface area contributed by atoms with Crippen molar-refractivity contribution in [3.63, 3.8) is 0 Å². The summed E-state index contributed by atoms with van der Waals surface area (Å²) in [6.07, 6.45) is 0. The van der Waals surface area contributed by atoms with Crippen LogP contribution in [0.15, 0.2) is 0 Å². The summed E-state index contributed by atoms with van der Waals surface area (Å²) in [5.41, 5.74) is -0.708. The second-order valence-corrected chi connectivity index (χ2v) is 2.28. The number of carbonyl (C=O) groups is 1. The van der Waals surface area contributed by atoms with Crippen molar-refractivity contribution in [3.8, 4) is 0 Å². The predicted octanol–water partition coefficient (Wildman–Crippen LogP) is 0.483. The highest BCUT2D eigenvalue weighted by Crippen LogP contribution is 2.02. The molecule has 7 heavy (non-hydrogen) atoms. The van der Waals surface area contributed by atoms with Gasteiger partial charge in [-0.3, -0.25) is 0 Å². The molecule has 0 aromatic carbocycles. The van der Waals surface area contributed by atoms with Gasteiger partial charge in [0.05, 0.1) is 0 Å². The standard InChI is InChI=1S/C3H5O3P/c1-2(7-6)3(4)5/h2H,1H3,(H,4,5)/p+1. The summed E-state index contributed by atoms with van der Waals surface area (Å²) in [6, 6.07) is 0. The molecule has 4 heteroatoms. The number of carboxylic acid groups (broad SMARTS) is 1. The number of aliphatic carboxylic acids is 1. The number of carboxylic acids is 1. The average molecular weight is 121 g/mol. The molecule has 0 aromatic heterocycles. The molecular weight excluding hydrogens is 115 g/mol. The molecule has 2 unspecified atom stereocenters. The molecule has 3 nitrogen and oxygen atoms in total. The van der Waals surface area contributed by atoms with E-state index in [-0.39, 0.29) is 0 Å². The van der Waals surface area contributed by atoms with Crippen molar-refractivity contribution in [3.05, 3.63) is 0 Å². The zero-order valence-corrected chi connectivity index (χ0v) is 4.84. The molecular formula is C3H6O3P+. The van der Waals surface area contributed by atoms with E-state index < -0.39 is 20.1 Å². The van der Waals surface area contributed by atoms with Crippen LogP contribution in [0.4, 0.5) is 0 Å². The van der Waals surface area contributed by atoms with Crippen LogP contribution in [-0.4, -0.2) is 16.7 Å². The fraction of sp³-hybridized carbons (Fsp3) is 0.667. The van der Waals surface area contributed by atoms with Crippen molar-refractivity contribution >= 4 is 14.4 Å². The predicted molar refractivity (Wildman–Crippen MR) is 26.1 cm³/mol. The second kappa shape index (κ2) is 2.69. The van der Waals surface area contributed by atoms with E-state index >= 15 is 0 Å². The quantitative estimate of drug-likeness (QED) is 0.540. The van der Waals surface area contributed by atoms with E-state index in [1.807, 2.05) is 0 Å². The number of hydrogen-bond donors (Lipinski definition) is 1. The molecule has 40 valence electrons. The van der Waals surface area contributed by atoms with Crippen molar-refractivity contribution in [1.29, 1.82) is 0 Å². The van der Waals surface area contributed by atoms with Gasteiger partial charge in [-0.2, -0.15) is 0 Å². The van der Waals surface area contributed by atoms with E-state index in [9.17, 15) is 9.36 Å². The summed E-state index contributed by atoms with van der Waals surface area (Å²) in [5.74, 6) is -1.01. The average Bonchev–Trinajstić information content (AvgIpc) is 1.65. The van der Waals surface area contributed by atoms with Crippen LogP contribution in [0, 0.1) is 0 Å². The van der Waals surface area contributed by atoms with Crippen molar-refractivity contribution in [1.82, 2.24) is 0 Å². The molecule has 0 bridgehead atoms. The third kappa shape index (κ3) is 2.29. The summed E-state index contributed by atoms with van der Waals surface area (Å²) >= 11 is 0. The SMILES string of the molecule is CC([PH+]=O)C(=O)O. The fourth-order valence-corrected chi connectivity index (χ4v) is 0.151. The van der Waals surface area contributed by atoms with Gasteiger partial charge in [0.1, 0.15) is 0 Å². The maximum Gasteiger partial charge on any atom is 0.355 e. The summed E-state index contributed by atoms with van der Waals surface area (Å²) < 4.78 is 9.72. The Morgan fingerprint density at radius 3 is 2.29 bits per heavy atom. The van der Waals surface area contributed by atoms with Gasteiger partial charge in [-0.05, 0) is 6.92 Å². The van der Waals surface area contributed by atoms with Gasteiger partial charge in [0.25, 0.3) is 0 Å². The van der Waals surface area contributed by atoms with Gasteiger partial charge in [-0.15, -0.1) is 0 Å². The largest absolute Gasteiger partial charge is 0.478 e. The van der Waals surface area contributed by atoms with Crippen LogP contribution < -0.4 is 0 Å². The minimum Gasteiger partial charge on any atom is -0.478 e. The highest BCUT2D eigenvalue weighted by molar-refractivity contribution is 7.26. The van der Waals surface area contributed by atoms with E-state index in [0.29, 0.717) is 0 Å². The molecule has 0 aliphatic heterocycles. The molecule has 0 radical (unpaired) electrons. The molecule has 1 N–H and O–H groups in total. The summed E-state index contributed by atoms with van der Waals surface area (Å²) in [6.45, 7) is 1.40. The van der Waals surface area contributed by atoms with Gasteiger partial charge < -0.3 is 5.11 Å². The molecule has 2 atom stereocenters. The third-order valence-corrected chi connectivity index (χ3v) is 1.15. The first kappa shape index (κ1) is 6.57. The summed E-state index contributed by atoms with van der Waals surface area (Å²) in [5, 5.41) is 7.99. The Bertz CT molecular complexity index is 90.2. The van der Waals surface area contributed by atoms with Crippen molar-refractivity contribution in [2.75, 3.05) is 0 Å². The van der Waals surface area contributed by atoms with Crippen LogP contribution in [0.1, 0.15) is 6.92 Å². The smallest absolute Gasteiger partial charge is 0.355 e. The maximum atomic E-state index is 9.74. The van der Waals surface area contributed by atoms with Crippen LogP contribution in [0.3, 0.4) is 0 Å². The first-order chi connectivity index (χ1) is 3.18. The lowest BCUT2D eigenvalue weighted by Gasteiger charge is -1.79. The van der Waals surface area contributed by atoms with Gasteiger partial charge in [0.15, 0.2) is 0 Å². The molecule has 0 fully saturated rings. The van der Waals surface area contributed by atoms with Crippen LogP contribution in [0.5, 0.6) is 0 Å². The molecule has 0 amide bonds. The normalized spacial score (nSPS) is 13.9. The van der Waals surface area contributed by atoms with E-state index in [0.717, 1.165) is 0 Å². The van der Waals surface area contributed by atoms with Crippen LogP contribution in [-0.2, 0) is 9.36 Å². The van der Waals surface area contributed by atoms with Crippen LogP contribution in [0.2, 0.25) is 0 Å². The molecule has 0 aromatic rings. The van der Waals surface area contributed by atoms with E-state index in [1.165, 1.54) is 6.92 Å². The van der Waals surface area contributed by atoms with E-state index in [4.69, 9.17) is 5.11 Å². The van der Waals surface area contributed by atoms with Gasteiger partial charge in [0.2, 0.25) is 5.66 Å². The van der Waals surface area contributed by atoms with E-state index in [2.05, 4.69) is 0 Å². The van der Waals surface area contributed by atoms with Crippen molar-refractivity contribution in [2.24, 2.45) is 0 Å². The van der Waals surface area contributed by atoms with Gasteiger partial charge >= 0.3 is 14.4 Å². The summed E-state index contributed by atoms with van der Waals surface area (Å²) in [4.78, 5) is 9.74. The lowest BCUT2D eigenvalue weighted by molar-refractivity contribution is -0.136. The maximum absolute atomic E-state index is 9.74. The Morgan fingerprint density at radius 1 is 1.86 bits per heavy atom. The highest BCUT2D eigenvalue weighted by Gasteiger charge is 2.16. The number of rotatable bonds is 2. The minimum absolute atomic E-state index is 0.708. The highest BCUT2D eigenvalue weighted by atomic mass is 31.1. The monoisotopic (exact) mass is 121 g/mol. The van der Waals surface area contributed by atoms with E-state index in [1.54, 1.807) is 0 Å². The zero-order chi connectivity index (χ0) is 5.86. The molecule has 0 spiro atoms. The molecule has 0 heterocycles. The Labute approximate surface area is 42.5 Å². The molecule has 0 aliphatic carbocycles. The van der Waals surface area contributed by atoms with Crippen molar-refractivity contribution in [2.45, 2.75) is 12.6 Å². The minimum atomic E-state index is -1.01. The molecule has 0 aliphatic rings. The third-order valence-electron chi connectivity index (χ3n) is 0.547. The number of hydrogen-bond acceptors (Lipinski definition) is 2. The Morgan fingerprint density at radius 2 is 2.29 bits per heavy atom. The van der Waals surface area contributed by atoms with Crippen LogP contribution >= 0.6 is 8.46 Å². The molecule has 0 saturated carbocycles. The van der Waals surface area contributed by atoms with Crippen molar-refractivity contribution < 1.29 is 14.5 Å². The molecule has 0 saturated heterocycles. The van der Waals surface area contributed by atoms with Gasteiger partial charge in [0, 0.05) is 0 Å². The Hall–Kier alpha value is -0.430. The lowest BCUT2D eigenvalue weighted by Crippen LogP contribution is -2.07. The first-order valence-electron chi connectivity index (χ1n) is 1.79. The topological polar surface area (TPSA) is 54.4 Å². The second-order valence-electron chi connectivity index (χ2n) is 1.18. The van der Waals surface area contributed by atoms with Crippen LogP contribution in [0.25, 0.3) is 0 Å². The Balaban J connectivity index is 3.55.